The van der Waals surface area contributed by atoms with Crippen LogP contribution in [-0.2, 0) is 9.53 Å². The first-order valence-corrected chi connectivity index (χ1v) is 10.2. The van der Waals surface area contributed by atoms with Gasteiger partial charge in [-0.2, -0.15) is 5.10 Å². The van der Waals surface area contributed by atoms with E-state index in [0.717, 1.165) is 26.9 Å². The van der Waals surface area contributed by atoms with Crippen LogP contribution < -0.4 is 4.90 Å². The Labute approximate surface area is 181 Å². The molecule has 154 valence electrons. The SMILES string of the molecule is CC(C)N(CCOCCC(=O)O)c1cc(-n2cncn2)c2cc(Cl)c(Br)cc2n1. The fourth-order valence-electron chi connectivity index (χ4n) is 2.92. The van der Waals surface area contributed by atoms with Crippen LogP contribution in [0.4, 0.5) is 5.82 Å². The minimum absolute atomic E-state index is 0.0128. The summed E-state index contributed by atoms with van der Waals surface area (Å²) in [6.07, 6.45) is 3.09. The average molecular weight is 483 g/mol. The largest absolute Gasteiger partial charge is 0.481 e. The zero-order valence-electron chi connectivity index (χ0n) is 16.0. The van der Waals surface area contributed by atoms with Gasteiger partial charge in [0, 0.05) is 28.5 Å². The lowest BCUT2D eigenvalue weighted by Crippen LogP contribution is -2.35. The van der Waals surface area contributed by atoms with Crippen LogP contribution in [0.5, 0.6) is 0 Å². The fourth-order valence-corrected chi connectivity index (χ4v) is 3.42. The first-order chi connectivity index (χ1) is 13.9. The van der Waals surface area contributed by atoms with Gasteiger partial charge in [-0.15, -0.1) is 0 Å². The van der Waals surface area contributed by atoms with Gasteiger partial charge in [-0.05, 0) is 41.9 Å². The van der Waals surface area contributed by atoms with Crippen LogP contribution in [0.15, 0.2) is 35.3 Å². The molecular formula is C19H21BrClN5O3. The molecule has 0 radical (unpaired) electrons. The minimum Gasteiger partial charge on any atom is -0.481 e. The lowest BCUT2D eigenvalue weighted by Gasteiger charge is -2.28. The third-order valence-electron chi connectivity index (χ3n) is 4.34. The van der Waals surface area contributed by atoms with E-state index in [1.807, 2.05) is 18.2 Å². The maximum Gasteiger partial charge on any atom is 0.305 e. The number of pyridine rings is 1. The molecule has 2 heterocycles. The Hall–Kier alpha value is -2.23. The molecule has 0 aliphatic carbocycles. The molecule has 0 saturated heterocycles. The number of aromatic nitrogens is 4. The number of fused-ring (bicyclic) bond motifs is 1. The number of halogens is 2. The Balaban J connectivity index is 1.96. The van der Waals surface area contributed by atoms with Crippen LogP contribution >= 0.6 is 27.5 Å². The molecule has 8 nitrogen and oxygen atoms in total. The summed E-state index contributed by atoms with van der Waals surface area (Å²) >= 11 is 9.77. The van der Waals surface area contributed by atoms with Crippen molar-refractivity contribution < 1.29 is 14.6 Å². The Kier molecular flexibility index (Phi) is 7.05. The van der Waals surface area contributed by atoms with Crippen molar-refractivity contribution in [2.75, 3.05) is 24.7 Å². The van der Waals surface area contributed by atoms with E-state index in [2.05, 4.69) is 44.8 Å². The number of carboxylic acid groups (broad SMARTS) is 1. The molecule has 0 unspecified atom stereocenters. The molecule has 0 aliphatic rings. The van der Waals surface area contributed by atoms with E-state index < -0.39 is 5.97 Å². The molecular weight excluding hydrogens is 462 g/mol. The molecule has 29 heavy (non-hydrogen) atoms. The summed E-state index contributed by atoms with van der Waals surface area (Å²) < 4.78 is 7.91. The highest BCUT2D eigenvalue weighted by Crippen LogP contribution is 2.33. The van der Waals surface area contributed by atoms with Crippen LogP contribution in [0.25, 0.3) is 16.6 Å². The molecule has 3 rings (SSSR count). The van der Waals surface area contributed by atoms with Crippen LogP contribution in [0.3, 0.4) is 0 Å². The Morgan fingerprint density at radius 3 is 2.79 bits per heavy atom. The zero-order chi connectivity index (χ0) is 21.0. The minimum atomic E-state index is -0.872. The number of benzene rings is 1. The van der Waals surface area contributed by atoms with E-state index >= 15 is 0 Å². The van der Waals surface area contributed by atoms with Crippen molar-refractivity contribution in [2.24, 2.45) is 0 Å². The highest BCUT2D eigenvalue weighted by atomic mass is 79.9. The Morgan fingerprint density at radius 1 is 1.34 bits per heavy atom. The summed E-state index contributed by atoms with van der Waals surface area (Å²) in [6.45, 7) is 5.28. The first kappa shape index (κ1) is 21.5. The maximum absolute atomic E-state index is 10.6. The lowest BCUT2D eigenvalue weighted by atomic mass is 10.1. The van der Waals surface area contributed by atoms with Gasteiger partial charge >= 0.3 is 5.97 Å². The number of aliphatic carboxylic acids is 1. The number of rotatable bonds is 9. The predicted molar refractivity (Wildman–Crippen MR) is 115 cm³/mol. The average Bonchev–Trinajstić information content (AvgIpc) is 3.19. The molecule has 0 bridgehead atoms. The van der Waals surface area contributed by atoms with Crippen molar-refractivity contribution in [3.63, 3.8) is 0 Å². The summed E-state index contributed by atoms with van der Waals surface area (Å²) in [5, 5.41) is 14.4. The molecule has 2 aromatic heterocycles. The normalized spacial score (nSPS) is 11.3. The maximum atomic E-state index is 10.6. The smallest absolute Gasteiger partial charge is 0.305 e. The third-order valence-corrected chi connectivity index (χ3v) is 5.53. The van der Waals surface area contributed by atoms with Crippen LogP contribution in [0, 0.1) is 0 Å². The van der Waals surface area contributed by atoms with Crippen molar-refractivity contribution in [1.29, 1.82) is 0 Å². The molecule has 0 spiro atoms. The number of hydrogen-bond acceptors (Lipinski definition) is 6. The molecule has 0 amide bonds. The standard InChI is InChI=1S/C19H21BrClN5O3/c1-12(2)25(4-6-29-5-3-19(27)28)18-9-17(26-11-22-10-23-26)13-7-15(21)14(20)8-16(13)24-18/h7-12H,3-6H2,1-2H3,(H,27,28). The third kappa shape index (κ3) is 5.23. The molecule has 3 aromatic rings. The van der Waals surface area contributed by atoms with Crippen molar-refractivity contribution in [3.05, 3.63) is 40.3 Å². The molecule has 10 heteroatoms. The van der Waals surface area contributed by atoms with Gasteiger partial charge in [0.15, 0.2) is 0 Å². The molecule has 0 fully saturated rings. The molecule has 1 aromatic carbocycles. The van der Waals surface area contributed by atoms with Crippen molar-refractivity contribution in [1.82, 2.24) is 19.7 Å². The van der Waals surface area contributed by atoms with E-state index in [4.69, 9.17) is 26.4 Å². The highest BCUT2D eigenvalue weighted by Gasteiger charge is 2.17. The molecule has 0 aliphatic heterocycles. The topological polar surface area (TPSA) is 93.4 Å². The molecule has 1 N–H and O–H groups in total. The number of carbonyl (C=O) groups is 1. The van der Waals surface area contributed by atoms with Gasteiger partial charge in [0.1, 0.15) is 18.5 Å². The zero-order valence-corrected chi connectivity index (χ0v) is 18.4. The fraction of sp³-hybridized carbons (Fsp3) is 0.368. The summed E-state index contributed by atoms with van der Waals surface area (Å²) in [5.41, 5.74) is 1.58. The second kappa shape index (κ2) is 9.51. The second-order valence-electron chi connectivity index (χ2n) is 6.67. The molecule has 0 atom stereocenters. The van der Waals surface area contributed by atoms with Gasteiger partial charge in [-0.1, -0.05) is 11.6 Å². The van der Waals surface area contributed by atoms with E-state index in [1.54, 1.807) is 11.0 Å². The van der Waals surface area contributed by atoms with Gasteiger partial charge < -0.3 is 14.7 Å². The van der Waals surface area contributed by atoms with Gasteiger partial charge in [0.25, 0.3) is 0 Å². The highest BCUT2D eigenvalue weighted by molar-refractivity contribution is 9.10. The van der Waals surface area contributed by atoms with Crippen molar-refractivity contribution >= 4 is 50.2 Å². The van der Waals surface area contributed by atoms with E-state index in [9.17, 15) is 4.79 Å². The summed E-state index contributed by atoms with van der Waals surface area (Å²) in [5.74, 6) is -0.113. The number of carboxylic acids is 1. The Bertz CT molecular complexity index is 997. The first-order valence-electron chi connectivity index (χ1n) is 9.07. The quantitative estimate of drug-likeness (QED) is 0.462. The van der Waals surface area contributed by atoms with Gasteiger partial charge in [-0.3, -0.25) is 4.79 Å². The van der Waals surface area contributed by atoms with Crippen molar-refractivity contribution in [3.8, 4) is 5.69 Å². The summed E-state index contributed by atoms with van der Waals surface area (Å²) in [4.78, 5) is 21.6. The lowest BCUT2D eigenvalue weighted by molar-refractivity contribution is -0.138. The number of anilines is 1. The van der Waals surface area contributed by atoms with Crippen LogP contribution in [0.2, 0.25) is 5.02 Å². The summed E-state index contributed by atoms with van der Waals surface area (Å²) in [7, 11) is 0. The molecule has 0 saturated carbocycles. The second-order valence-corrected chi connectivity index (χ2v) is 7.93. The number of nitrogens with zero attached hydrogens (tertiary/aromatic N) is 5. The van der Waals surface area contributed by atoms with Crippen LogP contribution in [-0.4, -0.2) is 56.6 Å². The Morgan fingerprint density at radius 2 is 2.14 bits per heavy atom. The monoisotopic (exact) mass is 481 g/mol. The van der Waals surface area contributed by atoms with Gasteiger partial charge in [-0.25, -0.2) is 14.6 Å². The predicted octanol–water partition coefficient (Wildman–Crippen LogP) is 3.94. The number of ether oxygens (including phenoxy) is 1. The van der Waals surface area contributed by atoms with E-state index in [1.165, 1.54) is 6.33 Å². The van der Waals surface area contributed by atoms with E-state index in [0.29, 0.717) is 18.2 Å². The van der Waals surface area contributed by atoms with Crippen molar-refractivity contribution in [2.45, 2.75) is 26.3 Å². The van der Waals surface area contributed by atoms with Gasteiger partial charge in [0.2, 0.25) is 0 Å². The van der Waals surface area contributed by atoms with Gasteiger partial charge in [0.05, 0.1) is 35.9 Å². The number of hydrogen-bond donors (Lipinski definition) is 1. The summed E-state index contributed by atoms with van der Waals surface area (Å²) in [6, 6.07) is 5.83. The van der Waals surface area contributed by atoms with Crippen LogP contribution in [0.1, 0.15) is 20.3 Å². The van der Waals surface area contributed by atoms with E-state index in [-0.39, 0.29) is 19.1 Å².